The van der Waals surface area contributed by atoms with Crippen molar-refractivity contribution < 1.29 is 9.26 Å². The van der Waals surface area contributed by atoms with E-state index in [4.69, 9.17) is 29.9 Å². The Hall–Kier alpha value is -3.27. The fourth-order valence-corrected chi connectivity index (χ4v) is 8.29. The maximum absolute atomic E-state index is 9.86. The lowest BCUT2D eigenvalue weighted by molar-refractivity contribution is 0.0602. The van der Waals surface area contributed by atoms with Crippen molar-refractivity contribution in [1.29, 1.82) is 5.26 Å². The molecular formula is C28H35N9O2S. The lowest BCUT2D eigenvalue weighted by Crippen LogP contribution is -2.44. The van der Waals surface area contributed by atoms with Gasteiger partial charge in [-0.15, -0.1) is 11.3 Å². The molecule has 3 aromatic rings. The van der Waals surface area contributed by atoms with Crippen LogP contribution in [0.1, 0.15) is 67.3 Å². The molecule has 40 heavy (non-hydrogen) atoms. The highest BCUT2D eigenvalue weighted by atomic mass is 32.1. The van der Waals surface area contributed by atoms with Crippen molar-refractivity contribution in [2.24, 2.45) is 0 Å². The number of piperazine rings is 1. The second-order valence-electron chi connectivity index (χ2n) is 11.8. The molecule has 7 rings (SSSR count). The monoisotopic (exact) mass is 561 g/mol. The molecular weight excluding hydrogens is 526 g/mol. The minimum absolute atomic E-state index is 0.0914. The summed E-state index contributed by atoms with van der Waals surface area (Å²) >= 11 is 1.50. The van der Waals surface area contributed by atoms with Crippen LogP contribution in [0.3, 0.4) is 0 Å². The van der Waals surface area contributed by atoms with Gasteiger partial charge in [0.15, 0.2) is 0 Å². The summed E-state index contributed by atoms with van der Waals surface area (Å²) in [5.74, 6) is 1.69. The predicted molar refractivity (Wildman–Crippen MR) is 151 cm³/mol. The van der Waals surface area contributed by atoms with Gasteiger partial charge in [0.2, 0.25) is 11.7 Å². The molecule has 3 saturated heterocycles. The first-order chi connectivity index (χ1) is 19.4. The highest BCUT2D eigenvalue weighted by molar-refractivity contribution is 7.16. The molecule has 12 heteroatoms. The van der Waals surface area contributed by atoms with Crippen LogP contribution in [0.4, 0.5) is 10.8 Å². The van der Waals surface area contributed by atoms with Crippen LogP contribution >= 0.6 is 11.3 Å². The number of thiophene rings is 1. The molecule has 11 nitrogen and oxygen atoms in total. The number of nitrogens with zero attached hydrogens (tertiary/aromatic N) is 7. The van der Waals surface area contributed by atoms with E-state index in [2.05, 4.69) is 40.3 Å². The maximum atomic E-state index is 9.86. The van der Waals surface area contributed by atoms with Gasteiger partial charge in [0, 0.05) is 67.6 Å². The van der Waals surface area contributed by atoms with Crippen LogP contribution in [-0.2, 0) is 11.8 Å². The number of hydrogen-bond acceptors (Lipinski definition) is 12. The third-order valence-electron chi connectivity index (χ3n) is 9.34. The van der Waals surface area contributed by atoms with Gasteiger partial charge >= 0.3 is 6.01 Å². The first kappa shape index (κ1) is 25.7. The second-order valence-corrected chi connectivity index (χ2v) is 12.9. The van der Waals surface area contributed by atoms with Crippen LogP contribution in [0.2, 0.25) is 0 Å². The van der Waals surface area contributed by atoms with Crippen LogP contribution in [0.15, 0.2) is 10.6 Å². The lowest BCUT2D eigenvalue weighted by atomic mass is 9.72. The van der Waals surface area contributed by atoms with Crippen molar-refractivity contribution in [3.05, 3.63) is 28.0 Å². The van der Waals surface area contributed by atoms with Gasteiger partial charge in [0.25, 0.3) is 0 Å². The van der Waals surface area contributed by atoms with E-state index in [0.717, 1.165) is 74.5 Å². The normalized spacial score (nSPS) is 28.3. The molecule has 6 heterocycles. The average molecular weight is 562 g/mol. The Kier molecular flexibility index (Phi) is 6.40. The lowest BCUT2D eigenvalue weighted by Gasteiger charge is -2.36. The summed E-state index contributed by atoms with van der Waals surface area (Å²) in [5.41, 5.74) is 7.69. The van der Waals surface area contributed by atoms with Gasteiger partial charge in [-0.1, -0.05) is 5.16 Å². The second kappa shape index (κ2) is 9.98. The molecule has 3 fully saturated rings. The molecule has 0 saturated carbocycles. The number of hydrogen-bond donors (Lipinski definition) is 2. The number of ether oxygens (including phenoxy) is 1. The standard InChI is InChI=1S/C28H35N9O2S/c1-28(7-3-4-21-23(28)19(15-29)24(30)40-21)26-34-25(35-39-26)20-14-22(37-10-8-31-9-11-37)33-27(32-20)38-18-12-16-5-6-17(13-18)36(16)2/h14,16-18,31H,3-13,30H2,1-2H3/t16?,17?,18?,28-/m0/s1. The third-order valence-corrected chi connectivity index (χ3v) is 10.4. The van der Waals surface area contributed by atoms with E-state index in [-0.39, 0.29) is 6.10 Å². The summed E-state index contributed by atoms with van der Waals surface area (Å²) in [4.78, 5) is 20.4. The van der Waals surface area contributed by atoms with Gasteiger partial charge in [-0.2, -0.15) is 20.2 Å². The van der Waals surface area contributed by atoms with Gasteiger partial charge in [-0.25, -0.2) is 0 Å². The van der Waals surface area contributed by atoms with Crippen molar-refractivity contribution in [1.82, 2.24) is 30.3 Å². The van der Waals surface area contributed by atoms with E-state index in [0.29, 0.717) is 46.1 Å². The molecule has 3 N–H and O–H groups in total. The molecule has 0 aromatic carbocycles. The zero-order valence-corrected chi connectivity index (χ0v) is 23.8. The minimum atomic E-state index is -0.584. The summed E-state index contributed by atoms with van der Waals surface area (Å²) in [6.07, 6.45) is 7.18. The number of aryl methyl sites for hydroxylation is 1. The van der Waals surface area contributed by atoms with E-state index in [9.17, 15) is 5.26 Å². The quantitative estimate of drug-likeness (QED) is 0.474. The maximum Gasteiger partial charge on any atom is 0.319 e. The summed E-state index contributed by atoms with van der Waals surface area (Å²) < 4.78 is 12.4. The smallest absolute Gasteiger partial charge is 0.319 e. The number of piperidine rings is 1. The van der Waals surface area contributed by atoms with E-state index in [1.54, 1.807) is 0 Å². The highest BCUT2D eigenvalue weighted by Crippen LogP contribution is 2.48. The van der Waals surface area contributed by atoms with E-state index < -0.39 is 5.41 Å². The Balaban J connectivity index is 1.23. The zero-order valence-electron chi connectivity index (χ0n) is 23.0. The Morgan fingerprint density at radius 3 is 2.73 bits per heavy atom. The molecule has 0 spiro atoms. The average Bonchev–Trinajstić information content (AvgIpc) is 3.64. The molecule has 2 unspecified atom stereocenters. The van der Waals surface area contributed by atoms with Gasteiger partial charge in [-0.3, -0.25) is 0 Å². The SMILES string of the molecule is CN1C2CCC1CC(Oc1nc(-c3noc([C@@]4(C)CCCc5sc(N)c(C#N)c54)n3)cc(N3CCNCC3)n1)C2. The van der Waals surface area contributed by atoms with Crippen molar-refractivity contribution in [2.45, 2.75) is 75.5 Å². The summed E-state index contributed by atoms with van der Waals surface area (Å²) in [7, 11) is 2.23. The molecule has 210 valence electrons. The molecule has 0 amide bonds. The van der Waals surface area contributed by atoms with E-state index in [1.165, 1.54) is 24.2 Å². The number of nitrogens with two attached hydrogens (primary N) is 1. The van der Waals surface area contributed by atoms with Gasteiger partial charge < -0.3 is 30.1 Å². The van der Waals surface area contributed by atoms with Crippen LogP contribution in [-0.4, -0.2) is 76.4 Å². The predicted octanol–water partition coefficient (Wildman–Crippen LogP) is 3.10. The number of aromatic nitrogens is 4. The summed E-state index contributed by atoms with van der Waals surface area (Å²) in [6, 6.07) is 5.74. The van der Waals surface area contributed by atoms with Crippen LogP contribution < -0.4 is 20.7 Å². The Morgan fingerprint density at radius 1 is 1.20 bits per heavy atom. The van der Waals surface area contributed by atoms with Crippen LogP contribution in [0.5, 0.6) is 6.01 Å². The van der Waals surface area contributed by atoms with Gasteiger partial charge in [0.05, 0.1) is 11.0 Å². The number of fused-ring (bicyclic) bond motifs is 3. The summed E-state index contributed by atoms with van der Waals surface area (Å²) in [6.45, 7) is 5.56. The van der Waals surface area contributed by atoms with Gasteiger partial charge in [-0.05, 0) is 46.1 Å². The van der Waals surface area contributed by atoms with Crippen molar-refractivity contribution in [3.63, 3.8) is 0 Å². The van der Waals surface area contributed by atoms with Crippen molar-refractivity contribution in [2.75, 3.05) is 43.9 Å². The number of rotatable bonds is 5. The van der Waals surface area contributed by atoms with Crippen LogP contribution in [0.25, 0.3) is 11.5 Å². The first-order valence-corrected chi connectivity index (χ1v) is 15.1. The Morgan fingerprint density at radius 2 is 1.98 bits per heavy atom. The topological polar surface area (TPSA) is 142 Å². The Bertz CT molecular complexity index is 1440. The van der Waals surface area contributed by atoms with Crippen molar-refractivity contribution >= 4 is 22.2 Å². The fraction of sp³-hybridized carbons (Fsp3) is 0.607. The number of nitriles is 1. The molecule has 3 atom stereocenters. The van der Waals surface area contributed by atoms with Crippen LogP contribution in [0, 0.1) is 11.3 Å². The largest absolute Gasteiger partial charge is 0.460 e. The molecule has 3 aliphatic heterocycles. The number of anilines is 2. The molecule has 0 radical (unpaired) electrons. The van der Waals surface area contributed by atoms with Gasteiger partial charge in [0.1, 0.15) is 28.7 Å². The number of nitrogen functional groups attached to an aromatic ring is 1. The zero-order chi connectivity index (χ0) is 27.4. The molecule has 1 aliphatic carbocycles. The highest BCUT2D eigenvalue weighted by Gasteiger charge is 2.43. The third kappa shape index (κ3) is 4.31. The molecule has 3 aromatic heterocycles. The fourth-order valence-electron chi connectivity index (χ4n) is 7.10. The van der Waals surface area contributed by atoms with Crippen molar-refractivity contribution in [3.8, 4) is 23.6 Å². The molecule has 2 bridgehead atoms. The first-order valence-electron chi connectivity index (χ1n) is 14.3. The minimum Gasteiger partial charge on any atom is -0.460 e. The summed E-state index contributed by atoms with van der Waals surface area (Å²) in [5, 5.41) is 18.2. The van der Waals surface area contributed by atoms with E-state index in [1.807, 2.05) is 6.07 Å². The molecule has 4 aliphatic rings. The van der Waals surface area contributed by atoms with E-state index >= 15 is 0 Å². The number of nitrogens with one attached hydrogen (secondary N) is 1. The Labute approximate surface area is 237 Å².